The number of pyridine rings is 1. The van der Waals surface area contributed by atoms with Gasteiger partial charge in [0.1, 0.15) is 0 Å². The number of aromatic nitrogens is 1. The Morgan fingerprint density at radius 2 is 2.19 bits per heavy atom. The molecule has 1 amide bonds. The normalized spacial score (nSPS) is 25.9. The molecule has 0 aromatic carbocycles. The van der Waals surface area contributed by atoms with Crippen molar-refractivity contribution < 1.29 is 15.0 Å². The number of β-amino-alcohol motifs (C(OH)–C–C–N with tert-alkyl or cyclic N) is 1. The molecular weight excluding hydrogens is 268 g/mol. The zero-order valence-corrected chi connectivity index (χ0v) is 12.5. The number of hydrogen-bond acceptors (Lipinski definition) is 4. The predicted octanol–water partition coefficient (Wildman–Crippen LogP) is 0.996. The second kappa shape index (κ2) is 7.00. The van der Waals surface area contributed by atoms with Crippen LogP contribution < -0.4 is 0 Å². The number of aliphatic hydroxyl groups is 2. The maximum absolute atomic E-state index is 12.3. The predicted molar refractivity (Wildman–Crippen MR) is 79.6 cm³/mol. The minimum Gasteiger partial charge on any atom is -0.396 e. The molecule has 1 aromatic rings. The van der Waals surface area contributed by atoms with Crippen LogP contribution in [0.15, 0.2) is 24.5 Å². The van der Waals surface area contributed by atoms with Crippen LogP contribution >= 0.6 is 0 Å². The van der Waals surface area contributed by atoms with Gasteiger partial charge in [0.15, 0.2) is 0 Å². The Morgan fingerprint density at radius 1 is 1.48 bits per heavy atom. The number of carbonyl (C=O) groups excluding carboxylic acids is 1. The van der Waals surface area contributed by atoms with Crippen LogP contribution in [0.2, 0.25) is 0 Å². The standard InChI is InChI=1S/C16H24N2O3/c1-2-5-16(12-19)6-9-18(11-14(16)20)15(21)10-13-3-7-17-8-4-13/h3-4,7-8,14,19-20H,2,5-6,9-12H2,1H3/t14-,16+/m0/s1. The van der Waals surface area contributed by atoms with E-state index in [1.54, 1.807) is 17.3 Å². The average molecular weight is 292 g/mol. The van der Waals surface area contributed by atoms with Gasteiger partial charge >= 0.3 is 0 Å². The summed E-state index contributed by atoms with van der Waals surface area (Å²) in [5.41, 5.74) is 0.486. The third-order valence-electron chi connectivity index (χ3n) is 4.50. The topological polar surface area (TPSA) is 73.7 Å². The molecule has 116 valence electrons. The van der Waals surface area contributed by atoms with Crippen LogP contribution in [-0.4, -0.2) is 51.8 Å². The summed E-state index contributed by atoms with van der Waals surface area (Å²) >= 11 is 0. The molecule has 0 saturated carbocycles. The van der Waals surface area contributed by atoms with Crippen molar-refractivity contribution in [3.05, 3.63) is 30.1 Å². The van der Waals surface area contributed by atoms with Crippen molar-refractivity contribution >= 4 is 5.91 Å². The summed E-state index contributed by atoms with van der Waals surface area (Å²) in [7, 11) is 0. The lowest BCUT2D eigenvalue weighted by atomic mass is 9.73. The van der Waals surface area contributed by atoms with Gasteiger partial charge in [0.25, 0.3) is 0 Å². The molecule has 0 spiro atoms. The highest BCUT2D eigenvalue weighted by atomic mass is 16.3. The van der Waals surface area contributed by atoms with E-state index in [0.29, 0.717) is 25.9 Å². The molecule has 5 nitrogen and oxygen atoms in total. The first-order valence-electron chi connectivity index (χ1n) is 7.57. The van der Waals surface area contributed by atoms with Gasteiger partial charge in [-0.25, -0.2) is 0 Å². The second-order valence-corrected chi connectivity index (χ2v) is 5.91. The van der Waals surface area contributed by atoms with Gasteiger partial charge in [-0.05, 0) is 30.5 Å². The molecule has 1 fully saturated rings. The van der Waals surface area contributed by atoms with Crippen LogP contribution in [0.1, 0.15) is 31.7 Å². The Bertz CT molecular complexity index is 466. The summed E-state index contributed by atoms with van der Waals surface area (Å²) in [6.07, 6.45) is 5.38. The fraction of sp³-hybridized carbons (Fsp3) is 0.625. The summed E-state index contributed by atoms with van der Waals surface area (Å²) in [6, 6.07) is 3.65. The van der Waals surface area contributed by atoms with Gasteiger partial charge in [-0.1, -0.05) is 13.3 Å². The highest BCUT2D eigenvalue weighted by molar-refractivity contribution is 5.78. The Balaban J connectivity index is 1.97. The van der Waals surface area contributed by atoms with Crippen LogP contribution in [-0.2, 0) is 11.2 Å². The van der Waals surface area contributed by atoms with Gasteiger partial charge < -0.3 is 15.1 Å². The zero-order chi connectivity index (χ0) is 15.3. The first-order chi connectivity index (χ1) is 10.1. The van der Waals surface area contributed by atoms with E-state index in [-0.39, 0.29) is 12.5 Å². The van der Waals surface area contributed by atoms with Gasteiger partial charge in [-0.15, -0.1) is 0 Å². The maximum Gasteiger partial charge on any atom is 0.227 e. The molecule has 2 rings (SSSR count). The van der Waals surface area contributed by atoms with Crippen molar-refractivity contribution in [2.75, 3.05) is 19.7 Å². The highest BCUT2D eigenvalue weighted by Crippen LogP contribution is 2.36. The molecule has 5 heteroatoms. The largest absolute Gasteiger partial charge is 0.396 e. The number of likely N-dealkylation sites (tertiary alicyclic amines) is 1. The highest BCUT2D eigenvalue weighted by Gasteiger charge is 2.42. The molecule has 1 saturated heterocycles. The Morgan fingerprint density at radius 3 is 2.76 bits per heavy atom. The first-order valence-corrected chi connectivity index (χ1v) is 7.57. The molecular formula is C16H24N2O3. The molecule has 0 radical (unpaired) electrons. The van der Waals surface area contributed by atoms with E-state index in [2.05, 4.69) is 4.98 Å². The van der Waals surface area contributed by atoms with Crippen LogP contribution in [0.25, 0.3) is 0 Å². The Labute approximate surface area is 125 Å². The van der Waals surface area contributed by atoms with Crippen LogP contribution in [0.5, 0.6) is 0 Å². The van der Waals surface area contributed by atoms with E-state index < -0.39 is 11.5 Å². The van der Waals surface area contributed by atoms with Gasteiger partial charge in [0, 0.05) is 30.9 Å². The van der Waals surface area contributed by atoms with Crippen molar-refractivity contribution in [1.29, 1.82) is 0 Å². The fourth-order valence-corrected chi connectivity index (χ4v) is 3.08. The lowest BCUT2D eigenvalue weighted by Gasteiger charge is -2.44. The molecule has 2 N–H and O–H groups in total. The molecule has 21 heavy (non-hydrogen) atoms. The number of piperidine rings is 1. The van der Waals surface area contributed by atoms with Gasteiger partial charge in [-0.3, -0.25) is 9.78 Å². The minimum atomic E-state index is -0.655. The monoisotopic (exact) mass is 292 g/mol. The summed E-state index contributed by atoms with van der Waals surface area (Å²) in [4.78, 5) is 17.9. The number of carbonyl (C=O) groups is 1. The molecule has 1 aliphatic rings. The Hall–Kier alpha value is -1.46. The molecule has 2 heterocycles. The number of amides is 1. The molecule has 0 aliphatic carbocycles. The SMILES string of the molecule is CCC[C@]1(CO)CCN(C(=O)Cc2ccncc2)C[C@@H]1O. The third kappa shape index (κ3) is 3.60. The van der Waals surface area contributed by atoms with E-state index >= 15 is 0 Å². The molecule has 0 unspecified atom stereocenters. The van der Waals surface area contributed by atoms with Gasteiger partial charge in [0.05, 0.1) is 19.1 Å². The van der Waals surface area contributed by atoms with E-state index in [0.717, 1.165) is 18.4 Å². The molecule has 2 atom stereocenters. The van der Waals surface area contributed by atoms with E-state index in [1.165, 1.54) is 0 Å². The van der Waals surface area contributed by atoms with Crippen molar-refractivity contribution in [3.8, 4) is 0 Å². The van der Waals surface area contributed by atoms with Crippen LogP contribution in [0.3, 0.4) is 0 Å². The molecule has 0 bridgehead atoms. The van der Waals surface area contributed by atoms with Crippen LogP contribution in [0, 0.1) is 5.41 Å². The quantitative estimate of drug-likeness (QED) is 0.849. The smallest absolute Gasteiger partial charge is 0.227 e. The van der Waals surface area contributed by atoms with Gasteiger partial charge in [0.2, 0.25) is 5.91 Å². The number of nitrogens with zero attached hydrogens (tertiary/aromatic N) is 2. The van der Waals surface area contributed by atoms with Crippen molar-refractivity contribution in [1.82, 2.24) is 9.88 Å². The number of hydrogen-bond donors (Lipinski definition) is 2. The third-order valence-corrected chi connectivity index (χ3v) is 4.50. The summed E-state index contributed by atoms with van der Waals surface area (Å²) in [6.45, 7) is 2.94. The summed E-state index contributed by atoms with van der Waals surface area (Å²) in [5, 5.41) is 20.0. The van der Waals surface area contributed by atoms with Crippen molar-refractivity contribution in [3.63, 3.8) is 0 Å². The average Bonchev–Trinajstić information content (AvgIpc) is 2.50. The first kappa shape index (κ1) is 15.9. The second-order valence-electron chi connectivity index (χ2n) is 5.91. The maximum atomic E-state index is 12.3. The lowest BCUT2D eigenvalue weighted by Crippen LogP contribution is -2.54. The number of aliphatic hydroxyl groups excluding tert-OH is 2. The Kier molecular flexibility index (Phi) is 5.31. The van der Waals surface area contributed by atoms with Crippen LogP contribution in [0.4, 0.5) is 0 Å². The van der Waals surface area contributed by atoms with E-state index in [4.69, 9.17) is 0 Å². The zero-order valence-electron chi connectivity index (χ0n) is 12.5. The molecule has 1 aromatic heterocycles. The van der Waals surface area contributed by atoms with Crippen molar-refractivity contribution in [2.45, 2.75) is 38.7 Å². The molecule has 1 aliphatic heterocycles. The van der Waals surface area contributed by atoms with Gasteiger partial charge in [-0.2, -0.15) is 0 Å². The lowest BCUT2D eigenvalue weighted by molar-refractivity contribution is -0.141. The summed E-state index contributed by atoms with van der Waals surface area (Å²) in [5.74, 6) is 0.0169. The fourth-order valence-electron chi connectivity index (χ4n) is 3.08. The van der Waals surface area contributed by atoms with E-state index in [1.807, 2.05) is 19.1 Å². The minimum absolute atomic E-state index is 0.0169. The van der Waals surface area contributed by atoms with E-state index in [9.17, 15) is 15.0 Å². The number of rotatable bonds is 5. The van der Waals surface area contributed by atoms with Crippen molar-refractivity contribution in [2.24, 2.45) is 5.41 Å². The summed E-state index contributed by atoms with van der Waals surface area (Å²) < 4.78 is 0.